The van der Waals surface area contributed by atoms with E-state index in [1.807, 2.05) is 6.92 Å². The Morgan fingerprint density at radius 3 is 3.08 bits per heavy atom. The third-order valence-electron chi connectivity index (χ3n) is 3.00. The summed E-state index contributed by atoms with van der Waals surface area (Å²) in [5, 5.41) is 0. The van der Waals surface area contributed by atoms with Gasteiger partial charge in [0.2, 0.25) is 0 Å². The SMILES string of the molecule is CC12CC(CCC1OC=O)C(=O)O2. The second kappa shape index (κ2) is 2.72. The van der Waals surface area contributed by atoms with Crippen LogP contribution in [0.2, 0.25) is 0 Å². The Bertz CT molecular complexity index is 250. The van der Waals surface area contributed by atoms with Gasteiger partial charge in [-0.1, -0.05) is 0 Å². The maximum atomic E-state index is 11.2. The molecule has 2 rings (SSSR count). The first-order valence-electron chi connectivity index (χ1n) is 4.48. The second-order valence-electron chi connectivity index (χ2n) is 3.93. The lowest BCUT2D eigenvalue weighted by Crippen LogP contribution is -2.42. The van der Waals surface area contributed by atoms with Crippen LogP contribution in [0.3, 0.4) is 0 Å². The molecule has 3 atom stereocenters. The van der Waals surface area contributed by atoms with E-state index in [4.69, 9.17) is 9.47 Å². The van der Waals surface area contributed by atoms with Crippen molar-refractivity contribution in [2.45, 2.75) is 37.9 Å². The molecule has 1 aliphatic heterocycles. The van der Waals surface area contributed by atoms with E-state index in [1.165, 1.54) is 0 Å². The summed E-state index contributed by atoms with van der Waals surface area (Å²) in [4.78, 5) is 21.5. The highest BCUT2D eigenvalue weighted by atomic mass is 16.6. The van der Waals surface area contributed by atoms with Crippen LogP contribution in [0, 0.1) is 5.92 Å². The van der Waals surface area contributed by atoms with Crippen LogP contribution in [-0.2, 0) is 19.1 Å². The molecule has 4 nitrogen and oxygen atoms in total. The summed E-state index contributed by atoms with van der Waals surface area (Å²) in [6.07, 6.45) is 1.93. The molecule has 72 valence electrons. The summed E-state index contributed by atoms with van der Waals surface area (Å²) < 4.78 is 10.1. The van der Waals surface area contributed by atoms with Crippen LogP contribution in [0.25, 0.3) is 0 Å². The summed E-state index contributed by atoms with van der Waals surface area (Å²) in [7, 11) is 0. The lowest BCUT2D eigenvalue weighted by atomic mass is 9.80. The number of carbonyl (C=O) groups excluding carboxylic acids is 2. The van der Waals surface area contributed by atoms with Crippen LogP contribution in [-0.4, -0.2) is 24.1 Å². The lowest BCUT2D eigenvalue weighted by Gasteiger charge is -2.33. The van der Waals surface area contributed by atoms with Crippen LogP contribution < -0.4 is 0 Å². The van der Waals surface area contributed by atoms with Gasteiger partial charge in [-0.15, -0.1) is 0 Å². The number of carbonyl (C=O) groups is 2. The second-order valence-corrected chi connectivity index (χ2v) is 3.93. The zero-order valence-corrected chi connectivity index (χ0v) is 7.49. The molecule has 0 aromatic rings. The van der Waals surface area contributed by atoms with E-state index in [2.05, 4.69) is 0 Å². The first-order chi connectivity index (χ1) is 6.15. The Morgan fingerprint density at radius 1 is 1.62 bits per heavy atom. The number of ether oxygens (including phenoxy) is 2. The predicted octanol–water partition coefficient (Wildman–Crippen LogP) is 0.644. The van der Waals surface area contributed by atoms with Gasteiger partial charge < -0.3 is 9.47 Å². The molecule has 2 bridgehead atoms. The third kappa shape index (κ3) is 1.20. The molecule has 0 aromatic carbocycles. The Hall–Kier alpha value is -1.06. The average Bonchev–Trinajstić information content (AvgIpc) is 2.31. The molecule has 2 aliphatic rings. The van der Waals surface area contributed by atoms with Gasteiger partial charge in [-0.05, 0) is 19.8 Å². The van der Waals surface area contributed by atoms with E-state index >= 15 is 0 Å². The fourth-order valence-corrected chi connectivity index (χ4v) is 2.28. The van der Waals surface area contributed by atoms with Crippen molar-refractivity contribution in [3.8, 4) is 0 Å². The number of rotatable bonds is 2. The smallest absolute Gasteiger partial charge is 0.309 e. The van der Waals surface area contributed by atoms with Crippen LogP contribution >= 0.6 is 0 Å². The summed E-state index contributed by atoms with van der Waals surface area (Å²) >= 11 is 0. The number of hydrogen-bond donors (Lipinski definition) is 0. The fourth-order valence-electron chi connectivity index (χ4n) is 2.28. The van der Waals surface area contributed by atoms with Crippen molar-refractivity contribution in [3.63, 3.8) is 0 Å². The molecule has 4 heteroatoms. The van der Waals surface area contributed by atoms with Gasteiger partial charge in [0.15, 0.2) is 0 Å². The van der Waals surface area contributed by atoms with Crippen molar-refractivity contribution in [1.82, 2.24) is 0 Å². The monoisotopic (exact) mass is 184 g/mol. The van der Waals surface area contributed by atoms with Gasteiger partial charge in [-0.2, -0.15) is 0 Å². The van der Waals surface area contributed by atoms with Crippen LogP contribution in [0.5, 0.6) is 0 Å². The van der Waals surface area contributed by atoms with Gasteiger partial charge in [-0.25, -0.2) is 0 Å². The molecule has 1 heterocycles. The Balaban J connectivity index is 2.17. The minimum Gasteiger partial charge on any atom is -0.460 e. The highest BCUT2D eigenvalue weighted by Gasteiger charge is 2.53. The molecule has 2 fully saturated rings. The fraction of sp³-hybridized carbons (Fsp3) is 0.778. The molecule has 0 N–H and O–H groups in total. The van der Waals surface area contributed by atoms with Crippen LogP contribution in [0.4, 0.5) is 0 Å². The molecule has 1 saturated carbocycles. The minimum atomic E-state index is -0.569. The summed E-state index contributed by atoms with van der Waals surface area (Å²) in [5.74, 6) is -0.115. The summed E-state index contributed by atoms with van der Waals surface area (Å²) in [6, 6.07) is 0. The van der Waals surface area contributed by atoms with E-state index in [0.717, 1.165) is 12.8 Å². The van der Waals surface area contributed by atoms with Crippen molar-refractivity contribution in [2.75, 3.05) is 0 Å². The van der Waals surface area contributed by atoms with Crippen LogP contribution in [0.15, 0.2) is 0 Å². The Kier molecular flexibility index (Phi) is 1.78. The number of esters is 1. The molecule has 0 radical (unpaired) electrons. The van der Waals surface area contributed by atoms with E-state index in [1.54, 1.807) is 0 Å². The average molecular weight is 184 g/mol. The topological polar surface area (TPSA) is 52.6 Å². The maximum Gasteiger partial charge on any atom is 0.309 e. The van der Waals surface area contributed by atoms with Crippen molar-refractivity contribution < 1.29 is 19.1 Å². The van der Waals surface area contributed by atoms with Gasteiger partial charge in [0.25, 0.3) is 6.47 Å². The van der Waals surface area contributed by atoms with Gasteiger partial charge in [-0.3, -0.25) is 9.59 Å². The van der Waals surface area contributed by atoms with Crippen molar-refractivity contribution in [1.29, 1.82) is 0 Å². The number of fused-ring (bicyclic) bond motifs is 2. The summed E-state index contributed by atoms with van der Waals surface area (Å²) in [5.41, 5.74) is -0.569. The number of hydrogen-bond acceptors (Lipinski definition) is 4. The molecule has 0 amide bonds. The zero-order chi connectivity index (χ0) is 9.47. The molecular weight excluding hydrogens is 172 g/mol. The Morgan fingerprint density at radius 2 is 2.38 bits per heavy atom. The van der Waals surface area contributed by atoms with Crippen molar-refractivity contribution in [3.05, 3.63) is 0 Å². The molecule has 1 saturated heterocycles. The first kappa shape index (κ1) is 8.53. The molecule has 1 aliphatic carbocycles. The standard InChI is InChI=1S/C9H12O4/c1-9-4-6(8(11)13-9)2-3-7(9)12-5-10/h5-7H,2-4H2,1H3. The van der Waals surface area contributed by atoms with Gasteiger partial charge >= 0.3 is 5.97 Å². The molecule has 13 heavy (non-hydrogen) atoms. The third-order valence-corrected chi connectivity index (χ3v) is 3.00. The molecule has 0 spiro atoms. The molecular formula is C9H12O4. The van der Waals surface area contributed by atoms with E-state index < -0.39 is 5.60 Å². The first-order valence-corrected chi connectivity index (χ1v) is 4.48. The molecule has 3 unspecified atom stereocenters. The Labute approximate surface area is 76.2 Å². The summed E-state index contributed by atoms with van der Waals surface area (Å²) in [6.45, 7) is 2.26. The van der Waals surface area contributed by atoms with Gasteiger partial charge in [0.1, 0.15) is 11.7 Å². The van der Waals surface area contributed by atoms with Crippen molar-refractivity contribution in [2.24, 2.45) is 5.92 Å². The van der Waals surface area contributed by atoms with E-state index in [-0.39, 0.29) is 18.0 Å². The highest BCUT2D eigenvalue weighted by Crippen LogP contribution is 2.43. The maximum absolute atomic E-state index is 11.2. The molecule has 0 aromatic heterocycles. The van der Waals surface area contributed by atoms with E-state index in [9.17, 15) is 9.59 Å². The van der Waals surface area contributed by atoms with Crippen molar-refractivity contribution >= 4 is 12.4 Å². The zero-order valence-electron chi connectivity index (χ0n) is 7.49. The normalized spacial score (nSPS) is 42.7. The van der Waals surface area contributed by atoms with Gasteiger partial charge in [0, 0.05) is 6.42 Å². The van der Waals surface area contributed by atoms with Gasteiger partial charge in [0.05, 0.1) is 5.92 Å². The quantitative estimate of drug-likeness (QED) is 0.467. The lowest BCUT2D eigenvalue weighted by molar-refractivity contribution is -0.164. The highest BCUT2D eigenvalue weighted by molar-refractivity contribution is 5.76. The predicted molar refractivity (Wildman–Crippen MR) is 42.8 cm³/mol. The van der Waals surface area contributed by atoms with Crippen LogP contribution in [0.1, 0.15) is 26.2 Å². The van der Waals surface area contributed by atoms with E-state index in [0.29, 0.717) is 12.9 Å². The largest absolute Gasteiger partial charge is 0.460 e. The minimum absolute atomic E-state index is 0.0245.